The van der Waals surface area contributed by atoms with Crippen LogP contribution in [0.3, 0.4) is 0 Å². The Morgan fingerprint density at radius 2 is 1.60 bits per heavy atom. The van der Waals surface area contributed by atoms with Crippen molar-refractivity contribution >= 4 is 25.3 Å². The van der Waals surface area contributed by atoms with E-state index in [9.17, 15) is 0 Å². The van der Waals surface area contributed by atoms with Gasteiger partial charge in [-0.05, 0) is 0 Å². The fourth-order valence-electron chi connectivity index (χ4n) is 0.0408. The molecule has 0 aliphatic rings. The molecule has 0 bridgehead atoms. The van der Waals surface area contributed by atoms with Crippen molar-refractivity contribution in [1.82, 2.24) is 0 Å². The Morgan fingerprint density at radius 3 is 1.60 bits per heavy atom. The first-order chi connectivity index (χ1) is 2.41. The zero-order chi connectivity index (χ0) is 4.12. The second kappa shape index (κ2) is 4.66. The van der Waals surface area contributed by atoms with Gasteiger partial charge in [-0.2, -0.15) is 25.3 Å². The number of thiol groups is 2. The van der Waals surface area contributed by atoms with E-state index in [2.05, 4.69) is 30.0 Å². The van der Waals surface area contributed by atoms with Crippen LogP contribution >= 0.6 is 25.3 Å². The van der Waals surface area contributed by atoms with Crippen LogP contribution in [0, 0.1) is 0 Å². The fraction of sp³-hybridized carbons (Fsp3) is 1.00. The van der Waals surface area contributed by atoms with Crippen molar-refractivity contribution < 1.29 is 4.74 Å². The maximum atomic E-state index is 4.56. The molecule has 32 valence electrons. The van der Waals surface area contributed by atoms with Crippen LogP contribution in [0.1, 0.15) is 0 Å². The maximum absolute atomic E-state index is 4.56. The first-order valence-corrected chi connectivity index (χ1v) is 2.47. The summed E-state index contributed by atoms with van der Waals surface area (Å²) in [5, 5.41) is 0. The number of rotatable bonds is 2. The van der Waals surface area contributed by atoms with Crippen molar-refractivity contribution in [3.8, 4) is 0 Å². The number of hydrogen-bond acceptors (Lipinski definition) is 3. The van der Waals surface area contributed by atoms with E-state index in [1.54, 1.807) is 0 Å². The smallest absolute Gasteiger partial charge is 0.0903 e. The Hall–Kier alpha value is 0.660. The lowest BCUT2D eigenvalue weighted by atomic mass is 11.5. The molecule has 0 saturated heterocycles. The average Bonchev–Trinajstić information content (AvgIpc) is 1.41. The highest BCUT2D eigenvalue weighted by atomic mass is 32.1. The largest absolute Gasteiger partial charge is 0.361 e. The van der Waals surface area contributed by atoms with Crippen LogP contribution in [0.5, 0.6) is 0 Å². The summed E-state index contributed by atoms with van der Waals surface area (Å²) in [5.74, 6) is 0.924. The summed E-state index contributed by atoms with van der Waals surface area (Å²) in [4.78, 5) is 0. The quantitative estimate of drug-likeness (QED) is 0.394. The van der Waals surface area contributed by atoms with Gasteiger partial charge in [-0.1, -0.05) is 0 Å². The molecule has 0 aliphatic carbocycles. The van der Waals surface area contributed by atoms with Crippen LogP contribution < -0.4 is 0 Å². The molecular formula is C2H6OS2. The number of ether oxygens (including phenoxy) is 1. The van der Waals surface area contributed by atoms with Gasteiger partial charge in [0.2, 0.25) is 0 Å². The Morgan fingerprint density at radius 1 is 1.20 bits per heavy atom. The lowest BCUT2D eigenvalue weighted by molar-refractivity contribution is 0.243. The van der Waals surface area contributed by atoms with Gasteiger partial charge in [-0.25, -0.2) is 0 Å². The molecule has 0 fully saturated rings. The maximum Gasteiger partial charge on any atom is 0.0903 e. The lowest BCUT2D eigenvalue weighted by Gasteiger charge is -1.85. The van der Waals surface area contributed by atoms with E-state index in [0.29, 0.717) is 11.9 Å². The summed E-state index contributed by atoms with van der Waals surface area (Å²) < 4.78 is 4.56. The third kappa shape index (κ3) is 4.66. The molecule has 0 spiro atoms. The van der Waals surface area contributed by atoms with E-state index in [0.717, 1.165) is 0 Å². The van der Waals surface area contributed by atoms with Crippen molar-refractivity contribution in [3.63, 3.8) is 0 Å². The fourth-order valence-corrected chi connectivity index (χ4v) is 0.367. The van der Waals surface area contributed by atoms with Gasteiger partial charge in [-0.3, -0.25) is 0 Å². The normalized spacial score (nSPS) is 8.40. The van der Waals surface area contributed by atoms with Gasteiger partial charge < -0.3 is 4.74 Å². The molecule has 0 aromatic heterocycles. The molecule has 0 amide bonds. The van der Waals surface area contributed by atoms with Crippen LogP contribution in [-0.2, 0) is 4.74 Å². The Bertz CT molecular complexity index is 15.1. The SMILES string of the molecule is SCOCS. The standard InChI is InChI=1S/C2H6OS2/c4-1-3-2-5/h4-5H,1-2H2. The van der Waals surface area contributed by atoms with Crippen molar-refractivity contribution in [2.45, 2.75) is 0 Å². The van der Waals surface area contributed by atoms with Crippen LogP contribution in [0.4, 0.5) is 0 Å². The van der Waals surface area contributed by atoms with Gasteiger partial charge in [0.25, 0.3) is 0 Å². The zero-order valence-electron chi connectivity index (χ0n) is 2.72. The van der Waals surface area contributed by atoms with E-state index >= 15 is 0 Å². The summed E-state index contributed by atoms with van der Waals surface area (Å²) in [7, 11) is 0. The van der Waals surface area contributed by atoms with Gasteiger partial charge in [0, 0.05) is 0 Å². The molecule has 5 heavy (non-hydrogen) atoms. The van der Waals surface area contributed by atoms with Crippen molar-refractivity contribution in [2.24, 2.45) is 0 Å². The minimum atomic E-state index is 0.462. The van der Waals surface area contributed by atoms with Gasteiger partial charge in [0.1, 0.15) is 0 Å². The molecule has 0 aliphatic heterocycles. The molecular weight excluding hydrogens is 104 g/mol. The van der Waals surface area contributed by atoms with Crippen LogP contribution in [0.25, 0.3) is 0 Å². The zero-order valence-corrected chi connectivity index (χ0v) is 4.51. The molecule has 0 saturated carbocycles. The molecule has 0 atom stereocenters. The minimum Gasteiger partial charge on any atom is -0.361 e. The lowest BCUT2D eigenvalue weighted by Crippen LogP contribution is -1.78. The third-order valence-electron chi connectivity index (χ3n) is 0.183. The molecule has 0 rings (SSSR count). The van der Waals surface area contributed by atoms with E-state index in [4.69, 9.17) is 0 Å². The van der Waals surface area contributed by atoms with Crippen molar-refractivity contribution in [3.05, 3.63) is 0 Å². The molecule has 0 heterocycles. The molecule has 0 N–H and O–H groups in total. The van der Waals surface area contributed by atoms with Gasteiger partial charge in [-0.15, -0.1) is 0 Å². The highest BCUT2D eigenvalue weighted by Crippen LogP contribution is 1.77. The summed E-state index contributed by atoms with van der Waals surface area (Å²) >= 11 is 7.46. The topological polar surface area (TPSA) is 9.23 Å². The highest BCUT2D eigenvalue weighted by molar-refractivity contribution is 7.80. The van der Waals surface area contributed by atoms with E-state index in [1.807, 2.05) is 0 Å². The van der Waals surface area contributed by atoms with Gasteiger partial charge in [0.15, 0.2) is 0 Å². The minimum absolute atomic E-state index is 0.462. The monoisotopic (exact) mass is 110 g/mol. The molecule has 3 heteroatoms. The van der Waals surface area contributed by atoms with E-state index < -0.39 is 0 Å². The molecule has 0 unspecified atom stereocenters. The van der Waals surface area contributed by atoms with Crippen molar-refractivity contribution in [2.75, 3.05) is 11.9 Å². The second-order valence-corrected chi connectivity index (χ2v) is 0.979. The van der Waals surface area contributed by atoms with Crippen molar-refractivity contribution in [1.29, 1.82) is 0 Å². The van der Waals surface area contributed by atoms with E-state index in [-0.39, 0.29) is 0 Å². The summed E-state index contributed by atoms with van der Waals surface area (Å²) in [6.07, 6.45) is 0. The Kier molecular flexibility index (Phi) is 5.28. The summed E-state index contributed by atoms with van der Waals surface area (Å²) in [5.41, 5.74) is 0. The van der Waals surface area contributed by atoms with Gasteiger partial charge >= 0.3 is 0 Å². The Labute approximate surface area is 42.5 Å². The Balaban J connectivity index is 2.19. The second-order valence-electron chi connectivity index (χ2n) is 0.462. The van der Waals surface area contributed by atoms with Crippen LogP contribution in [0.15, 0.2) is 0 Å². The third-order valence-corrected chi connectivity index (χ3v) is 0.548. The molecule has 0 aromatic rings. The summed E-state index contributed by atoms with van der Waals surface area (Å²) in [6.45, 7) is 0. The average molecular weight is 110 g/mol. The summed E-state index contributed by atoms with van der Waals surface area (Å²) in [6, 6.07) is 0. The predicted octanol–water partition coefficient (Wildman–Crippen LogP) is 0.778. The first-order valence-electron chi connectivity index (χ1n) is 1.21. The van der Waals surface area contributed by atoms with Crippen LogP contribution in [0.2, 0.25) is 0 Å². The first kappa shape index (κ1) is 5.66. The molecule has 0 aromatic carbocycles. The van der Waals surface area contributed by atoms with Gasteiger partial charge in [0.05, 0.1) is 11.9 Å². The predicted molar refractivity (Wildman–Crippen MR) is 28.8 cm³/mol. The van der Waals surface area contributed by atoms with E-state index in [1.165, 1.54) is 0 Å². The van der Waals surface area contributed by atoms with Crippen LogP contribution in [-0.4, -0.2) is 11.9 Å². The number of hydrogen-bond donors (Lipinski definition) is 2. The highest BCUT2D eigenvalue weighted by Gasteiger charge is 1.65. The molecule has 0 radical (unpaired) electrons. The molecule has 1 nitrogen and oxygen atoms in total.